The minimum Gasteiger partial charge on any atom is -0.494 e. The number of nitrogens with zero attached hydrogens (tertiary/aromatic N) is 2. The van der Waals surface area contributed by atoms with Gasteiger partial charge in [-0.05, 0) is 67.3 Å². The first-order chi connectivity index (χ1) is 17.4. The van der Waals surface area contributed by atoms with Crippen molar-refractivity contribution < 1.29 is 28.2 Å². The average Bonchev–Trinajstić information content (AvgIpc) is 3.19. The van der Waals surface area contributed by atoms with Crippen LogP contribution >= 0.6 is 0 Å². The lowest BCUT2D eigenvalue weighted by molar-refractivity contribution is -0.136. The SMILES string of the molecule is COc1ccc(CN2CCCC[C@H]2COc2ccc3c(c2)CN(C2CCC(=O)NC2=O)C3=O)cc1F. The number of benzene rings is 2. The van der Waals surface area contributed by atoms with Gasteiger partial charge in [-0.25, -0.2) is 4.39 Å². The predicted molar refractivity (Wildman–Crippen MR) is 129 cm³/mol. The van der Waals surface area contributed by atoms with Crippen molar-refractivity contribution in [1.82, 2.24) is 15.1 Å². The second-order valence-corrected chi connectivity index (χ2v) is 9.62. The number of methoxy groups -OCH3 is 1. The third-order valence-corrected chi connectivity index (χ3v) is 7.29. The number of carbonyl (C=O) groups is 3. The van der Waals surface area contributed by atoms with Gasteiger partial charge in [0.25, 0.3) is 5.91 Å². The van der Waals surface area contributed by atoms with Crippen molar-refractivity contribution in [2.24, 2.45) is 0 Å². The molecule has 0 spiro atoms. The average molecular weight is 496 g/mol. The van der Waals surface area contributed by atoms with Crippen molar-refractivity contribution in [3.8, 4) is 11.5 Å². The Morgan fingerprint density at radius 3 is 2.72 bits per heavy atom. The fourth-order valence-electron chi connectivity index (χ4n) is 5.33. The standard InChI is InChI=1S/C27H30FN3O5/c1-35-24-9-5-17(12-22(24)28)14-30-11-3-2-4-19(30)16-36-20-6-7-21-18(13-20)15-31(27(21)34)23-8-10-25(32)29-26(23)33/h5-7,9,12-13,19,23H,2-4,8,10-11,14-16H2,1H3,(H,29,32,33)/t19-,23?/m0/s1. The summed E-state index contributed by atoms with van der Waals surface area (Å²) in [5.41, 5.74) is 2.27. The van der Waals surface area contributed by atoms with Crippen molar-refractivity contribution >= 4 is 17.7 Å². The summed E-state index contributed by atoms with van der Waals surface area (Å²) in [4.78, 5) is 40.5. The van der Waals surface area contributed by atoms with Gasteiger partial charge in [-0.15, -0.1) is 0 Å². The molecule has 8 nitrogen and oxygen atoms in total. The Morgan fingerprint density at radius 1 is 1.08 bits per heavy atom. The summed E-state index contributed by atoms with van der Waals surface area (Å²) in [6, 6.07) is 10.0. The summed E-state index contributed by atoms with van der Waals surface area (Å²) in [6.07, 6.45) is 3.76. The molecular weight excluding hydrogens is 465 g/mol. The van der Waals surface area contributed by atoms with E-state index in [1.807, 2.05) is 12.1 Å². The van der Waals surface area contributed by atoms with Crippen molar-refractivity contribution in [2.45, 2.75) is 57.3 Å². The number of hydrogen-bond donors (Lipinski definition) is 1. The second-order valence-electron chi connectivity index (χ2n) is 9.62. The molecule has 2 aromatic rings. The van der Waals surface area contributed by atoms with Crippen LogP contribution in [0.15, 0.2) is 36.4 Å². The van der Waals surface area contributed by atoms with Gasteiger partial charge in [-0.3, -0.25) is 24.6 Å². The topological polar surface area (TPSA) is 88.2 Å². The Labute approximate surface area is 209 Å². The van der Waals surface area contributed by atoms with Gasteiger partial charge in [-0.1, -0.05) is 12.5 Å². The fourth-order valence-corrected chi connectivity index (χ4v) is 5.33. The van der Waals surface area contributed by atoms with Crippen LogP contribution in [-0.2, 0) is 22.7 Å². The number of ether oxygens (including phenoxy) is 2. The van der Waals surface area contributed by atoms with Crippen LogP contribution in [0.25, 0.3) is 0 Å². The van der Waals surface area contributed by atoms with Crippen LogP contribution in [0.2, 0.25) is 0 Å². The van der Waals surface area contributed by atoms with Crippen LogP contribution in [0.4, 0.5) is 4.39 Å². The maximum Gasteiger partial charge on any atom is 0.255 e. The number of halogens is 1. The molecule has 3 amide bonds. The van der Waals surface area contributed by atoms with E-state index >= 15 is 0 Å². The zero-order chi connectivity index (χ0) is 25.2. The van der Waals surface area contributed by atoms with Crippen molar-refractivity contribution in [3.63, 3.8) is 0 Å². The molecule has 0 aromatic heterocycles. The molecule has 0 radical (unpaired) electrons. The molecule has 0 aliphatic carbocycles. The van der Waals surface area contributed by atoms with Crippen LogP contribution in [0.5, 0.6) is 11.5 Å². The van der Waals surface area contributed by atoms with Crippen molar-refractivity contribution in [3.05, 3.63) is 58.9 Å². The first-order valence-corrected chi connectivity index (χ1v) is 12.4. The summed E-state index contributed by atoms with van der Waals surface area (Å²) in [5.74, 6) is -0.366. The number of fused-ring (bicyclic) bond motifs is 1. The molecule has 1 unspecified atom stereocenters. The maximum absolute atomic E-state index is 14.2. The van der Waals surface area contributed by atoms with E-state index in [0.717, 1.165) is 36.9 Å². The number of hydrogen-bond acceptors (Lipinski definition) is 6. The molecule has 2 atom stereocenters. The lowest BCUT2D eigenvalue weighted by Crippen LogP contribution is -2.52. The number of amides is 3. The van der Waals surface area contributed by atoms with E-state index in [1.165, 1.54) is 18.1 Å². The summed E-state index contributed by atoms with van der Waals surface area (Å²) in [6.45, 7) is 2.36. The molecule has 0 saturated carbocycles. The minimum absolute atomic E-state index is 0.193. The zero-order valence-electron chi connectivity index (χ0n) is 20.3. The maximum atomic E-state index is 14.2. The lowest BCUT2D eigenvalue weighted by Gasteiger charge is -2.35. The number of piperidine rings is 2. The van der Waals surface area contributed by atoms with E-state index in [-0.39, 0.29) is 35.8 Å². The van der Waals surface area contributed by atoms with E-state index < -0.39 is 11.9 Å². The number of rotatable bonds is 7. The lowest BCUT2D eigenvalue weighted by atomic mass is 10.0. The third kappa shape index (κ3) is 4.93. The van der Waals surface area contributed by atoms with Crippen LogP contribution < -0.4 is 14.8 Å². The van der Waals surface area contributed by atoms with Gasteiger partial charge in [0, 0.05) is 31.1 Å². The minimum atomic E-state index is -0.634. The largest absolute Gasteiger partial charge is 0.494 e. The second kappa shape index (κ2) is 10.3. The van der Waals surface area contributed by atoms with Crippen LogP contribution in [0.3, 0.4) is 0 Å². The fraction of sp³-hybridized carbons (Fsp3) is 0.444. The normalized spacial score (nSPS) is 22.4. The van der Waals surface area contributed by atoms with Crippen LogP contribution in [-0.4, -0.2) is 59.9 Å². The summed E-state index contributed by atoms with van der Waals surface area (Å²) in [7, 11) is 1.46. The highest BCUT2D eigenvalue weighted by molar-refractivity contribution is 6.05. The molecule has 3 aliphatic rings. The number of likely N-dealkylation sites (tertiary alicyclic amines) is 1. The van der Waals surface area contributed by atoms with Crippen LogP contribution in [0, 0.1) is 5.82 Å². The van der Waals surface area contributed by atoms with Gasteiger partial charge in [0.1, 0.15) is 18.4 Å². The molecule has 36 heavy (non-hydrogen) atoms. The van der Waals surface area contributed by atoms with Gasteiger partial charge in [0.2, 0.25) is 11.8 Å². The van der Waals surface area contributed by atoms with E-state index in [9.17, 15) is 18.8 Å². The van der Waals surface area contributed by atoms with Crippen molar-refractivity contribution in [2.75, 3.05) is 20.3 Å². The highest BCUT2D eigenvalue weighted by Gasteiger charge is 2.39. The van der Waals surface area contributed by atoms with Gasteiger partial charge in [-0.2, -0.15) is 0 Å². The van der Waals surface area contributed by atoms with Crippen molar-refractivity contribution in [1.29, 1.82) is 0 Å². The van der Waals surface area contributed by atoms with E-state index in [4.69, 9.17) is 9.47 Å². The Hall–Kier alpha value is -3.46. The quantitative estimate of drug-likeness (QED) is 0.594. The van der Waals surface area contributed by atoms with Gasteiger partial charge >= 0.3 is 0 Å². The summed E-state index contributed by atoms with van der Waals surface area (Å²) >= 11 is 0. The Morgan fingerprint density at radius 2 is 1.94 bits per heavy atom. The molecule has 3 heterocycles. The summed E-state index contributed by atoms with van der Waals surface area (Å²) < 4.78 is 25.3. The highest BCUT2D eigenvalue weighted by Crippen LogP contribution is 2.31. The van der Waals surface area contributed by atoms with E-state index in [2.05, 4.69) is 10.2 Å². The first-order valence-electron chi connectivity index (χ1n) is 12.4. The molecule has 3 aliphatic heterocycles. The van der Waals surface area contributed by atoms with Gasteiger partial charge < -0.3 is 14.4 Å². The highest BCUT2D eigenvalue weighted by atomic mass is 19.1. The van der Waals surface area contributed by atoms with Gasteiger partial charge in [0.05, 0.1) is 7.11 Å². The number of nitrogens with one attached hydrogen (secondary N) is 1. The first kappa shape index (κ1) is 24.2. The zero-order valence-corrected chi connectivity index (χ0v) is 20.3. The number of carbonyl (C=O) groups excluding carboxylic acids is 3. The number of imide groups is 1. The molecular formula is C27H30FN3O5. The smallest absolute Gasteiger partial charge is 0.255 e. The molecule has 1 N–H and O–H groups in total. The molecule has 0 bridgehead atoms. The molecule has 2 saturated heterocycles. The molecule has 190 valence electrons. The Bertz CT molecular complexity index is 1190. The van der Waals surface area contributed by atoms with Crippen LogP contribution in [0.1, 0.15) is 53.6 Å². The van der Waals surface area contributed by atoms with Gasteiger partial charge in [0.15, 0.2) is 11.6 Å². The molecule has 2 fully saturated rings. The summed E-state index contributed by atoms with van der Waals surface area (Å²) in [5, 5.41) is 2.32. The molecule has 9 heteroatoms. The van der Waals surface area contributed by atoms with E-state index in [0.29, 0.717) is 37.4 Å². The molecule has 2 aromatic carbocycles. The predicted octanol–water partition coefficient (Wildman–Crippen LogP) is 3.03. The molecule has 5 rings (SSSR count). The third-order valence-electron chi connectivity index (χ3n) is 7.29. The Kier molecular flexibility index (Phi) is 6.91. The van der Waals surface area contributed by atoms with E-state index in [1.54, 1.807) is 18.2 Å². The monoisotopic (exact) mass is 495 g/mol. The Balaban J connectivity index is 1.22.